The third kappa shape index (κ3) is 2.11. The van der Waals surface area contributed by atoms with Gasteiger partial charge in [0.15, 0.2) is 0 Å². The highest BCUT2D eigenvalue weighted by atomic mass is 35.5. The Balaban J connectivity index is 2.26. The highest BCUT2D eigenvalue weighted by Gasteiger charge is 2.12. The van der Waals surface area contributed by atoms with Crippen molar-refractivity contribution in [2.75, 3.05) is 5.32 Å². The molecule has 0 saturated heterocycles. The number of nitrogens with zero attached hydrogens (tertiary/aromatic N) is 2. The molecule has 1 aromatic carbocycles. The van der Waals surface area contributed by atoms with Crippen molar-refractivity contribution in [3.8, 4) is 0 Å². The first-order valence-corrected chi connectivity index (χ1v) is 4.83. The zero-order valence-electron chi connectivity index (χ0n) is 7.88. The van der Waals surface area contributed by atoms with Gasteiger partial charge in [0.25, 0.3) is 0 Å². The molecule has 0 spiro atoms. The van der Waals surface area contributed by atoms with Crippen molar-refractivity contribution in [2.24, 2.45) is 0 Å². The lowest BCUT2D eigenvalue weighted by Crippen LogP contribution is -1.97. The molecule has 1 aromatic heterocycles. The number of benzene rings is 1. The first kappa shape index (κ1) is 10.8. The van der Waals surface area contributed by atoms with Gasteiger partial charge in [-0.3, -0.25) is 0 Å². The van der Waals surface area contributed by atoms with Crippen LogP contribution in [0.3, 0.4) is 0 Å². The minimum absolute atomic E-state index is 0.0361. The molecule has 0 bridgehead atoms. The predicted molar refractivity (Wildman–Crippen MR) is 53.5 cm³/mol. The van der Waals surface area contributed by atoms with Crippen LogP contribution >= 0.6 is 11.6 Å². The van der Waals surface area contributed by atoms with Crippen LogP contribution in [0, 0.1) is 11.6 Å². The summed E-state index contributed by atoms with van der Waals surface area (Å²) >= 11 is 5.43. The maximum Gasteiger partial charge on any atom is 0.320 e. The van der Waals surface area contributed by atoms with Gasteiger partial charge < -0.3 is 9.73 Å². The number of rotatable bonds is 3. The molecule has 84 valence electrons. The Morgan fingerprint density at radius 3 is 2.50 bits per heavy atom. The standard InChI is InChI=1S/C9H6ClF2N3O/c10-4-7-14-15-9(16-7)13-8-5(11)2-1-3-6(8)12/h1-3H,4H2,(H,13,15). The first-order valence-electron chi connectivity index (χ1n) is 4.30. The van der Waals surface area contributed by atoms with Crippen molar-refractivity contribution in [3.63, 3.8) is 0 Å². The van der Waals surface area contributed by atoms with Gasteiger partial charge in [-0.05, 0) is 12.1 Å². The maximum absolute atomic E-state index is 13.2. The smallest absolute Gasteiger partial charge is 0.320 e. The maximum atomic E-state index is 13.2. The molecule has 0 aliphatic carbocycles. The van der Waals surface area contributed by atoms with E-state index in [4.69, 9.17) is 16.0 Å². The molecule has 0 amide bonds. The van der Waals surface area contributed by atoms with Crippen LogP contribution < -0.4 is 5.32 Å². The van der Waals surface area contributed by atoms with E-state index in [2.05, 4.69) is 15.5 Å². The zero-order chi connectivity index (χ0) is 11.5. The van der Waals surface area contributed by atoms with Gasteiger partial charge in [0.1, 0.15) is 23.2 Å². The lowest BCUT2D eigenvalue weighted by atomic mass is 10.3. The van der Waals surface area contributed by atoms with Crippen molar-refractivity contribution < 1.29 is 13.2 Å². The minimum atomic E-state index is -0.745. The number of anilines is 2. The van der Waals surface area contributed by atoms with E-state index >= 15 is 0 Å². The Bertz CT molecular complexity index is 483. The molecule has 4 nitrogen and oxygen atoms in total. The molecule has 0 aliphatic heterocycles. The Kier molecular flexibility index (Phi) is 3.00. The molecule has 0 aliphatic rings. The fourth-order valence-electron chi connectivity index (χ4n) is 1.08. The van der Waals surface area contributed by atoms with Crippen LogP contribution in [-0.4, -0.2) is 10.2 Å². The predicted octanol–water partition coefficient (Wildman–Crippen LogP) is 2.83. The largest absolute Gasteiger partial charge is 0.407 e. The second-order valence-electron chi connectivity index (χ2n) is 2.86. The van der Waals surface area contributed by atoms with E-state index in [0.29, 0.717) is 0 Å². The zero-order valence-corrected chi connectivity index (χ0v) is 8.63. The van der Waals surface area contributed by atoms with Gasteiger partial charge in [0.2, 0.25) is 5.89 Å². The summed E-state index contributed by atoms with van der Waals surface area (Å²) in [5, 5.41) is 9.40. The Morgan fingerprint density at radius 2 is 1.94 bits per heavy atom. The quantitative estimate of drug-likeness (QED) is 0.845. The Labute approximate surface area is 94.2 Å². The first-order chi connectivity index (χ1) is 7.70. The molecule has 1 N–H and O–H groups in total. The van der Waals surface area contributed by atoms with Crippen LogP contribution in [0.5, 0.6) is 0 Å². The molecule has 16 heavy (non-hydrogen) atoms. The molecule has 0 radical (unpaired) electrons. The third-order valence-corrected chi connectivity index (χ3v) is 2.00. The van der Waals surface area contributed by atoms with Crippen LogP contribution in [0.15, 0.2) is 22.6 Å². The topological polar surface area (TPSA) is 51.0 Å². The molecular formula is C9H6ClF2N3O. The van der Waals surface area contributed by atoms with Crippen molar-refractivity contribution >= 4 is 23.3 Å². The molecule has 2 rings (SSSR count). The molecular weight excluding hydrogens is 240 g/mol. The molecule has 0 saturated carbocycles. The summed E-state index contributed by atoms with van der Waals surface area (Å²) in [5.41, 5.74) is -0.340. The monoisotopic (exact) mass is 245 g/mol. The lowest BCUT2D eigenvalue weighted by Gasteiger charge is -2.03. The third-order valence-electron chi connectivity index (χ3n) is 1.78. The molecule has 7 heteroatoms. The van der Waals surface area contributed by atoms with Crippen LogP contribution in [0.4, 0.5) is 20.5 Å². The van der Waals surface area contributed by atoms with Crippen molar-refractivity contribution in [3.05, 3.63) is 35.7 Å². The van der Waals surface area contributed by atoms with Crippen LogP contribution in [0.2, 0.25) is 0 Å². The van der Waals surface area contributed by atoms with E-state index in [1.54, 1.807) is 0 Å². The van der Waals surface area contributed by atoms with Gasteiger partial charge in [-0.1, -0.05) is 11.2 Å². The van der Waals surface area contributed by atoms with Gasteiger partial charge in [-0.2, -0.15) is 0 Å². The number of alkyl halides is 1. The summed E-state index contributed by atoms with van der Waals surface area (Å²) in [6.07, 6.45) is 0. The molecule has 0 atom stereocenters. The average Bonchev–Trinajstić information content (AvgIpc) is 2.71. The average molecular weight is 246 g/mol. The number of hydrogen-bond donors (Lipinski definition) is 1. The van der Waals surface area contributed by atoms with Gasteiger partial charge in [-0.15, -0.1) is 16.7 Å². The van der Waals surface area contributed by atoms with Gasteiger partial charge in [0, 0.05) is 0 Å². The minimum Gasteiger partial charge on any atom is -0.407 e. The summed E-state index contributed by atoms with van der Waals surface area (Å²) in [7, 11) is 0. The molecule has 0 unspecified atom stereocenters. The van der Waals surface area contributed by atoms with Crippen molar-refractivity contribution in [1.82, 2.24) is 10.2 Å². The van der Waals surface area contributed by atoms with Crippen LogP contribution in [0.25, 0.3) is 0 Å². The summed E-state index contributed by atoms with van der Waals surface area (Å²) in [6, 6.07) is 3.38. The summed E-state index contributed by atoms with van der Waals surface area (Å²) in [6.45, 7) is 0. The highest BCUT2D eigenvalue weighted by molar-refractivity contribution is 6.16. The second kappa shape index (κ2) is 4.44. The summed E-state index contributed by atoms with van der Waals surface area (Å²) in [4.78, 5) is 0. The lowest BCUT2D eigenvalue weighted by molar-refractivity contribution is 0.526. The van der Waals surface area contributed by atoms with Crippen LogP contribution in [-0.2, 0) is 5.88 Å². The van der Waals surface area contributed by atoms with E-state index in [1.807, 2.05) is 0 Å². The Morgan fingerprint density at radius 1 is 1.25 bits per heavy atom. The SMILES string of the molecule is Fc1cccc(F)c1Nc1nnc(CCl)o1. The highest BCUT2D eigenvalue weighted by Crippen LogP contribution is 2.22. The number of hydrogen-bond acceptors (Lipinski definition) is 4. The van der Waals surface area contributed by atoms with E-state index < -0.39 is 11.6 Å². The van der Waals surface area contributed by atoms with Gasteiger partial charge >= 0.3 is 6.01 Å². The van der Waals surface area contributed by atoms with Crippen molar-refractivity contribution in [2.45, 2.75) is 5.88 Å². The van der Waals surface area contributed by atoms with Gasteiger partial charge in [-0.25, -0.2) is 8.78 Å². The number of para-hydroxylation sites is 1. The molecule has 0 fully saturated rings. The van der Waals surface area contributed by atoms with E-state index in [-0.39, 0.29) is 23.5 Å². The summed E-state index contributed by atoms with van der Waals surface area (Å²) in [5.74, 6) is -1.29. The molecule has 1 heterocycles. The second-order valence-corrected chi connectivity index (χ2v) is 3.12. The fourth-order valence-corrected chi connectivity index (χ4v) is 1.19. The number of aromatic nitrogens is 2. The normalized spacial score (nSPS) is 10.4. The van der Waals surface area contributed by atoms with Gasteiger partial charge in [0.05, 0.1) is 0 Å². The van der Waals surface area contributed by atoms with E-state index in [0.717, 1.165) is 12.1 Å². The summed E-state index contributed by atoms with van der Waals surface area (Å²) < 4.78 is 31.4. The van der Waals surface area contributed by atoms with E-state index in [1.165, 1.54) is 6.07 Å². The van der Waals surface area contributed by atoms with Crippen LogP contribution in [0.1, 0.15) is 5.89 Å². The molecule has 2 aromatic rings. The fraction of sp³-hybridized carbons (Fsp3) is 0.111. The number of nitrogens with one attached hydrogen (secondary N) is 1. The van der Waals surface area contributed by atoms with E-state index in [9.17, 15) is 8.78 Å². The Hall–Kier alpha value is -1.69. The number of halogens is 3. The van der Waals surface area contributed by atoms with Crippen molar-refractivity contribution in [1.29, 1.82) is 0 Å².